The highest BCUT2D eigenvalue weighted by molar-refractivity contribution is 7.89. The van der Waals surface area contributed by atoms with Gasteiger partial charge in [-0.1, -0.05) is 35.4 Å². The second kappa shape index (κ2) is 9.26. The first kappa shape index (κ1) is 23.4. The number of hydrogen-bond donors (Lipinski definition) is 2. The van der Waals surface area contributed by atoms with E-state index in [0.717, 1.165) is 41.8 Å². The van der Waals surface area contributed by atoms with Gasteiger partial charge in [0.1, 0.15) is 0 Å². The van der Waals surface area contributed by atoms with Crippen LogP contribution in [0.2, 0.25) is 0 Å². The predicted octanol–water partition coefficient (Wildman–Crippen LogP) is 3.48. The molecule has 2 N–H and O–H groups in total. The Hall–Kier alpha value is -2.72. The summed E-state index contributed by atoms with van der Waals surface area (Å²) in [6, 6.07) is 13.3. The van der Waals surface area contributed by atoms with Gasteiger partial charge < -0.3 is 0 Å². The topological polar surface area (TPSA) is 117 Å². The molecule has 0 radical (unpaired) electrons. The van der Waals surface area contributed by atoms with Crippen molar-refractivity contribution in [1.82, 2.24) is 9.66 Å². The quantitative estimate of drug-likeness (QED) is 0.605. The van der Waals surface area contributed by atoms with Crippen LogP contribution in [0.5, 0.6) is 0 Å². The van der Waals surface area contributed by atoms with Gasteiger partial charge in [-0.15, -0.1) is 0 Å². The molecule has 0 heterocycles. The summed E-state index contributed by atoms with van der Waals surface area (Å²) in [6.07, 6.45) is 3.60. The largest absolute Gasteiger partial charge is 0.276 e. The monoisotopic (exact) mass is 488 g/mol. The zero-order chi connectivity index (χ0) is 23.6. The normalized spacial score (nSPS) is 23.5. The molecule has 0 aliphatic heterocycles. The van der Waals surface area contributed by atoms with E-state index in [4.69, 9.17) is 0 Å². The van der Waals surface area contributed by atoms with Crippen molar-refractivity contribution in [2.45, 2.75) is 55.7 Å². The van der Waals surface area contributed by atoms with E-state index in [0.29, 0.717) is 12.8 Å². The highest BCUT2D eigenvalue weighted by atomic mass is 32.2. The lowest BCUT2D eigenvalue weighted by Gasteiger charge is -2.36. The van der Waals surface area contributed by atoms with E-state index in [2.05, 4.69) is 19.9 Å². The predicted molar refractivity (Wildman–Crippen MR) is 128 cm³/mol. The summed E-state index contributed by atoms with van der Waals surface area (Å²) >= 11 is 0. The third-order valence-corrected chi connectivity index (χ3v) is 8.74. The molecule has 0 saturated heterocycles. The molecule has 2 aliphatic carbocycles. The van der Waals surface area contributed by atoms with Crippen LogP contribution in [0.3, 0.4) is 0 Å². The first-order chi connectivity index (χ1) is 15.6. The lowest BCUT2D eigenvalue weighted by atomic mass is 9.70. The Labute approximate surface area is 195 Å². The minimum absolute atomic E-state index is 0.164. The molecule has 2 aliphatic rings. The Morgan fingerprint density at radius 2 is 1.03 bits per heavy atom. The highest BCUT2D eigenvalue weighted by Crippen LogP contribution is 2.37. The van der Waals surface area contributed by atoms with E-state index in [1.165, 1.54) is 0 Å². The maximum absolute atomic E-state index is 12.5. The van der Waals surface area contributed by atoms with Crippen LogP contribution in [0.1, 0.15) is 43.2 Å². The molecule has 2 aromatic carbocycles. The van der Waals surface area contributed by atoms with Gasteiger partial charge in [0, 0.05) is 23.3 Å². The third kappa shape index (κ3) is 5.44. The van der Waals surface area contributed by atoms with Crippen LogP contribution in [0.4, 0.5) is 0 Å². The molecular formula is C23H28N4O4S2. The Bertz CT molecular complexity index is 1180. The number of rotatable bonds is 6. The number of nitrogens with zero attached hydrogens (tertiary/aromatic N) is 2. The van der Waals surface area contributed by atoms with Crippen molar-refractivity contribution in [2.24, 2.45) is 22.0 Å². The number of aryl methyl sites for hydroxylation is 2. The number of nitrogens with one attached hydrogen (secondary N) is 2. The maximum Gasteiger partial charge on any atom is 0.276 e. The van der Waals surface area contributed by atoms with E-state index in [1.807, 2.05) is 13.8 Å². The summed E-state index contributed by atoms with van der Waals surface area (Å²) in [5.41, 5.74) is 3.67. The number of hydrazone groups is 2. The summed E-state index contributed by atoms with van der Waals surface area (Å²) in [5.74, 6) is 0.328. The third-order valence-electron chi connectivity index (χ3n) is 6.29. The lowest BCUT2D eigenvalue weighted by molar-refractivity contribution is 0.404. The van der Waals surface area contributed by atoms with Gasteiger partial charge in [-0.2, -0.15) is 27.0 Å². The summed E-state index contributed by atoms with van der Waals surface area (Å²) < 4.78 is 50.1. The molecule has 10 heteroatoms. The molecule has 0 amide bonds. The average molecular weight is 489 g/mol. The Kier molecular flexibility index (Phi) is 6.58. The van der Waals surface area contributed by atoms with E-state index in [9.17, 15) is 16.8 Å². The van der Waals surface area contributed by atoms with Gasteiger partial charge >= 0.3 is 0 Å². The fourth-order valence-electron chi connectivity index (χ4n) is 4.31. The first-order valence-electron chi connectivity index (χ1n) is 10.9. The van der Waals surface area contributed by atoms with Crippen LogP contribution in [0.15, 0.2) is 68.5 Å². The number of sulfonamides is 2. The maximum atomic E-state index is 12.5. The Morgan fingerprint density at radius 3 is 1.39 bits per heavy atom. The average Bonchev–Trinajstić information content (AvgIpc) is 2.79. The molecule has 2 saturated carbocycles. The van der Waals surface area contributed by atoms with Crippen molar-refractivity contribution < 1.29 is 16.8 Å². The minimum Gasteiger partial charge on any atom is -0.200 e. The molecule has 0 unspecified atom stereocenters. The fourth-order valence-corrected chi connectivity index (χ4v) is 5.98. The van der Waals surface area contributed by atoms with Gasteiger partial charge in [0.2, 0.25) is 0 Å². The van der Waals surface area contributed by atoms with Crippen molar-refractivity contribution >= 4 is 31.5 Å². The van der Waals surface area contributed by atoms with Gasteiger partial charge in [-0.3, -0.25) is 0 Å². The van der Waals surface area contributed by atoms with Crippen LogP contribution in [-0.4, -0.2) is 28.3 Å². The van der Waals surface area contributed by atoms with E-state index < -0.39 is 20.0 Å². The van der Waals surface area contributed by atoms with Crippen molar-refractivity contribution in [3.05, 3.63) is 59.7 Å². The zero-order valence-corrected chi connectivity index (χ0v) is 20.3. The number of benzene rings is 2. The standard InChI is InChI=1S/C23H28N4O4S2/c1-16-3-9-20(10-4-16)32(28,29)26-24-22-13-7-19-15-18(22)8-14-23(19)25-27-33(30,31)21-11-5-17(2)6-12-21/h3-6,9-12,18-19,26-27H,7-8,13-15H2,1-2H3/b24-22-,25-23+/t18-,19-/m0/s1. The Balaban J connectivity index is 1.40. The van der Waals surface area contributed by atoms with Crippen molar-refractivity contribution in [3.8, 4) is 0 Å². The summed E-state index contributed by atoms with van der Waals surface area (Å²) in [7, 11) is -7.41. The minimum atomic E-state index is -3.71. The summed E-state index contributed by atoms with van der Waals surface area (Å²) in [4.78, 5) is 5.14. The molecule has 2 atom stereocenters. The number of hydrogen-bond acceptors (Lipinski definition) is 6. The van der Waals surface area contributed by atoms with Crippen LogP contribution >= 0.6 is 0 Å². The molecule has 2 aromatic rings. The molecule has 0 spiro atoms. The van der Waals surface area contributed by atoms with Crippen LogP contribution in [0.25, 0.3) is 0 Å². The smallest absolute Gasteiger partial charge is 0.200 e. The highest BCUT2D eigenvalue weighted by Gasteiger charge is 2.35. The Morgan fingerprint density at radius 1 is 0.667 bits per heavy atom. The molecule has 176 valence electrons. The zero-order valence-electron chi connectivity index (χ0n) is 18.7. The summed E-state index contributed by atoms with van der Waals surface area (Å²) in [5, 5.41) is 8.52. The van der Waals surface area contributed by atoms with Crippen molar-refractivity contribution in [1.29, 1.82) is 0 Å². The summed E-state index contributed by atoms with van der Waals surface area (Å²) in [6.45, 7) is 3.80. The van der Waals surface area contributed by atoms with Crippen LogP contribution in [-0.2, 0) is 20.0 Å². The molecular weight excluding hydrogens is 460 g/mol. The van der Waals surface area contributed by atoms with Gasteiger partial charge in [-0.05, 0) is 70.2 Å². The van der Waals surface area contributed by atoms with Gasteiger partial charge in [0.15, 0.2) is 0 Å². The molecule has 4 rings (SSSR count). The van der Waals surface area contributed by atoms with Crippen molar-refractivity contribution in [2.75, 3.05) is 0 Å². The number of fused-ring (bicyclic) bond motifs is 2. The van der Waals surface area contributed by atoms with E-state index in [-0.39, 0.29) is 21.6 Å². The van der Waals surface area contributed by atoms with Crippen LogP contribution < -0.4 is 9.66 Å². The molecule has 8 nitrogen and oxygen atoms in total. The second-order valence-corrected chi connectivity index (χ2v) is 12.1. The van der Waals surface area contributed by atoms with E-state index >= 15 is 0 Å². The van der Waals surface area contributed by atoms with Gasteiger partial charge in [-0.25, -0.2) is 9.66 Å². The SMILES string of the molecule is Cc1ccc(S(=O)(=O)N/N=C2/CC[C@H]3C[C@@H]2CC/C3=N\NS(=O)(=O)c2ccc(C)cc2)cc1. The fraction of sp³-hybridized carbons (Fsp3) is 0.391. The molecule has 2 fully saturated rings. The molecule has 33 heavy (non-hydrogen) atoms. The molecule has 2 bridgehead atoms. The van der Waals surface area contributed by atoms with Gasteiger partial charge in [0.25, 0.3) is 20.0 Å². The second-order valence-electron chi connectivity index (χ2n) is 8.73. The van der Waals surface area contributed by atoms with Crippen molar-refractivity contribution in [3.63, 3.8) is 0 Å². The molecule has 0 aromatic heterocycles. The first-order valence-corrected chi connectivity index (χ1v) is 13.9. The van der Waals surface area contributed by atoms with Crippen LogP contribution in [0, 0.1) is 25.7 Å². The van der Waals surface area contributed by atoms with Gasteiger partial charge in [0.05, 0.1) is 9.79 Å². The van der Waals surface area contributed by atoms with E-state index in [1.54, 1.807) is 48.5 Å². The lowest BCUT2D eigenvalue weighted by Crippen LogP contribution is -2.37.